The highest BCUT2D eigenvalue weighted by molar-refractivity contribution is 6.33. The van der Waals surface area contributed by atoms with Crippen LogP contribution < -0.4 is 9.80 Å². The van der Waals surface area contributed by atoms with Crippen molar-refractivity contribution in [2.45, 2.75) is 6.42 Å². The highest BCUT2D eigenvalue weighted by atomic mass is 35.5. The Balaban J connectivity index is 1.47. The van der Waals surface area contributed by atoms with Crippen LogP contribution in [0.4, 0.5) is 11.6 Å². The van der Waals surface area contributed by atoms with E-state index in [0.717, 1.165) is 19.5 Å². The van der Waals surface area contributed by atoms with Gasteiger partial charge in [-0.15, -0.1) is 0 Å². The smallest absolute Gasteiger partial charge is 0.255 e. The van der Waals surface area contributed by atoms with Crippen LogP contribution in [0.3, 0.4) is 0 Å². The van der Waals surface area contributed by atoms with E-state index in [9.17, 15) is 10.1 Å². The van der Waals surface area contributed by atoms with Crippen LogP contribution in [0, 0.1) is 11.3 Å². The van der Waals surface area contributed by atoms with Crippen molar-refractivity contribution in [1.82, 2.24) is 14.9 Å². The lowest BCUT2D eigenvalue weighted by Crippen LogP contribution is -2.40. The zero-order chi connectivity index (χ0) is 20.9. The third kappa shape index (κ3) is 4.32. The van der Waals surface area contributed by atoms with Crippen molar-refractivity contribution in [2.24, 2.45) is 0 Å². The zero-order valence-corrected chi connectivity index (χ0v) is 17.4. The van der Waals surface area contributed by atoms with Crippen molar-refractivity contribution in [1.29, 1.82) is 5.26 Å². The van der Waals surface area contributed by atoms with E-state index in [4.69, 9.17) is 16.3 Å². The van der Waals surface area contributed by atoms with E-state index < -0.39 is 0 Å². The number of anilines is 2. The molecular formula is C21H23ClN6O2. The molecule has 0 bridgehead atoms. The normalized spacial score (nSPS) is 17.4. The average molecular weight is 427 g/mol. The second-order valence-electron chi connectivity index (χ2n) is 7.25. The molecule has 0 N–H and O–H groups in total. The first kappa shape index (κ1) is 20.4. The van der Waals surface area contributed by atoms with Crippen LogP contribution in [0.15, 0.2) is 30.6 Å². The van der Waals surface area contributed by atoms with Gasteiger partial charge in [0, 0.05) is 51.7 Å². The van der Waals surface area contributed by atoms with E-state index in [0.29, 0.717) is 67.2 Å². The van der Waals surface area contributed by atoms with Crippen molar-refractivity contribution >= 4 is 29.1 Å². The minimum Gasteiger partial charge on any atom is -0.378 e. The number of morpholine rings is 1. The molecule has 0 atom stereocenters. The predicted molar refractivity (Wildman–Crippen MR) is 114 cm³/mol. The van der Waals surface area contributed by atoms with Crippen LogP contribution in [-0.4, -0.2) is 73.3 Å². The summed E-state index contributed by atoms with van der Waals surface area (Å²) in [5.74, 6) is 1.33. The molecule has 2 aromatic heterocycles. The molecule has 0 saturated carbocycles. The lowest BCUT2D eigenvalue weighted by molar-refractivity contribution is 0.0302. The second kappa shape index (κ2) is 9.28. The molecule has 156 valence electrons. The number of hydrogen-bond donors (Lipinski definition) is 0. The van der Waals surface area contributed by atoms with Gasteiger partial charge in [0.1, 0.15) is 17.7 Å². The number of carbonyl (C=O) groups excluding carboxylic acids is 1. The number of nitrogens with zero attached hydrogens (tertiary/aromatic N) is 6. The van der Waals surface area contributed by atoms with Gasteiger partial charge in [-0.3, -0.25) is 4.79 Å². The summed E-state index contributed by atoms with van der Waals surface area (Å²) in [7, 11) is 0. The van der Waals surface area contributed by atoms with Gasteiger partial charge < -0.3 is 19.4 Å². The number of rotatable bonds is 3. The predicted octanol–water partition coefficient (Wildman–Crippen LogP) is 2.19. The number of nitriles is 1. The molecule has 4 heterocycles. The van der Waals surface area contributed by atoms with Gasteiger partial charge in [0.2, 0.25) is 0 Å². The van der Waals surface area contributed by atoms with Gasteiger partial charge in [0.05, 0.1) is 29.4 Å². The maximum atomic E-state index is 12.7. The van der Waals surface area contributed by atoms with Gasteiger partial charge >= 0.3 is 0 Å². The summed E-state index contributed by atoms with van der Waals surface area (Å²) in [5.41, 5.74) is 1.07. The van der Waals surface area contributed by atoms with Crippen molar-refractivity contribution in [3.05, 3.63) is 46.7 Å². The average Bonchev–Trinajstić information content (AvgIpc) is 3.05. The Kier molecular flexibility index (Phi) is 6.31. The fourth-order valence-corrected chi connectivity index (χ4v) is 4.09. The number of hydrogen-bond acceptors (Lipinski definition) is 7. The standard InChI is InChI=1S/C21H23ClN6O2/c22-18-13-17(21(29)28-9-11-30-12-10-28)15-25-20(18)27-6-2-5-26(7-8-27)19-16(14-23)3-1-4-24-19/h1,3-4,13,15H,2,5-12H2. The number of amides is 1. The fourth-order valence-electron chi connectivity index (χ4n) is 3.81. The molecule has 1 amide bonds. The van der Waals surface area contributed by atoms with Crippen molar-refractivity contribution in [3.8, 4) is 6.07 Å². The van der Waals surface area contributed by atoms with Crippen LogP contribution in [0.25, 0.3) is 0 Å². The monoisotopic (exact) mass is 426 g/mol. The van der Waals surface area contributed by atoms with Crippen LogP contribution >= 0.6 is 11.6 Å². The molecule has 2 aromatic rings. The first-order valence-electron chi connectivity index (χ1n) is 10.0. The van der Waals surface area contributed by atoms with Gasteiger partial charge in [-0.2, -0.15) is 5.26 Å². The van der Waals surface area contributed by atoms with Crippen molar-refractivity contribution in [2.75, 3.05) is 62.3 Å². The largest absolute Gasteiger partial charge is 0.378 e. The number of aromatic nitrogens is 2. The van der Waals surface area contributed by atoms with E-state index >= 15 is 0 Å². The van der Waals surface area contributed by atoms with Gasteiger partial charge in [-0.25, -0.2) is 9.97 Å². The van der Waals surface area contributed by atoms with Crippen molar-refractivity contribution in [3.63, 3.8) is 0 Å². The summed E-state index contributed by atoms with van der Waals surface area (Å²) in [6, 6.07) is 7.48. The highest BCUT2D eigenvalue weighted by Gasteiger charge is 2.23. The summed E-state index contributed by atoms with van der Waals surface area (Å²) in [6.07, 6.45) is 4.20. The topological polar surface area (TPSA) is 85.6 Å². The van der Waals surface area contributed by atoms with Gasteiger partial charge in [-0.05, 0) is 24.6 Å². The molecular weight excluding hydrogens is 404 g/mol. The Morgan fingerprint density at radius 3 is 2.50 bits per heavy atom. The second-order valence-corrected chi connectivity index (χ2v) is 7.66. The molecule has 4 rings (SSSR count). The number of ether oxygens (including phenoxy) is 1. The zero-order valence-electron chi connectivity index (χ0n) is 16.6. The molecule has 9 heteroatoms. The van der Waals surface area contributed by atoms with E-state index in [1.807, 2.05) is 0 Å². The Bertz CT molecular complexity index is 957. The van der Waals surface area contributed by atoms with E-state index in [-0.39, 0.29) is 5.91 Å². The molecule has 30 heavy (non-hydrogen) atoms. The molecule has 0 spiro atoms. The molecule has 2 aliphatic heterocycles. The molecule has 2 saturated heterocycles. The highest BCUT2D eigenvalue weighted by Crippen LogP contribution is 2.27. The Labute approximate surface area is 180 Å². The number of pyridine rings is 2. The van der Waals surface area contributed by atoms with Crippen molar-refractivity contribution < 1.29 is 9.53 Å². The van der Waals surface area contributed by atoms with Crippen LogP contribution in [0.2, 0.25) is 5.02 Å². The summed E-state index contributed by atoms with van der Waals surface area (Å²) in [6.45, 7) is 5.26. The Hall–Kier alpha value is -2.89. The van der Waals surface area contributed by atoms with E-state index in [1.54, 1.807) is 35.5 Å². The maximum Gasteiger partial charge on any atom is 0.255 e. The number of halogens is 1. The quantitative estimate of drug-likeness (QED) is 0.743. The summed E-state index contributed by atoms with van der Waals surface area (Å²) >= 11 is 6.53. The summed E-state index contributed by atoms with van der Waals surface area (Å²) < 4.78 is 5.31. The van der Waals surface area contributed by atoms with E-state index in [1.165, 1.54) is 0 Å². The molecule has 8 nitrogen and oxygen atoms in total. The number of carbonyl (C=O) groups is 1. The maximum absolute atomic E-state index is 12.7. The molecule has 0 radical (unpaired) electrons. The van der Waals surface area contributed by atoms with Gasteiger partial charge in [0.15, 0.2) is 0 Å². The van der Waals surface area contributed by atoms with Crippen LogP contribution in [-0.2, 0) is 4.74 Å². The molecule has 0 aromatic carbocycles. The first-order chi connectivity index (χ1) is 14.7. The minimum atomic E-state index is -0.0690. The lowest BCUT2D eigenvalue weighted by Gasteiger charge is -2.27. The molecule has 0 unspecified atom stereocenters. The Morgan fingerprint density at radius 1 is 1.07 bits per heavy atom. The fraction of sp³-hybridized carbons (Fsp3) is 0.429. The summed E-state index contributed by atoms with van der Waals surface area (Å²) in [4.78, 5) is 27.6. The molecule has 2 fully saturated rings. The minimum absolute atomic E-state index is 0.0690. The lowest BCUT2D eigenvalue weighted by atomic mass is 10.2. The molecule has 0 aliphatic carbocycles. The van der Waals surface area contributed by atoms with E-state index in [2.05, 4.69) is 25.8 Å². The molecule has 2 aliphatic rings. The third-order valence-corrected chi connectivity index (χ3v) is 5.65. The van der Waals surface area contributed by atoms with Crippen LogP contribution in [0.1, 0.15) is 22.3 Å². The van der Waals surface area contributed by atoms with Gasteiger partial charge in [-0.1, -0.05) is 11.6 Å². The Morgan fingerprint density at radius 2 is 1.80 bits per heavy atom. The SMILES string of the molecule is N#Cc1cccnc1N1CCCN(c2ncc(C(=O)N3CCOCC3)cc2Cl)CC1. The van der Waals surface area contributed by atoms with Gasteiger partial charge in [0.25, 0.3) is 5.91 Å². The first-order valence-corrected chi connectivity index (χ1v) is 10.4. The summed E-state index contributed by atoms with van der Waals surface area (Å²) in [5, 5.41) is 9.83. The third-order valence-electron chi connectivity index (χ3n) is 5.37. The van der Waals surface area contributed by atoms with Crippen LogP contribution in [0.5, 0.6) is 0 Å².